The van der Waals surface area contributed by atoms with Crippen LogP contribution in [0.1, 0.15) is 21.5 Å². The molecule has 0 aliphatic carbocycles. The molecule has 0 saturated heterocycles. The van der Waals surface area contributed by atoms with Crippen molar-refractivity contribution in [1.82, 2.24) is 4.98 Å². The van der Waals surface area contributed by atoms with Gasteiger partial charge in [-0.3, -0.25) is 0 Å². The van der Waals surface area contributed by atoms with E-state index in [0.717, 1.165) is 22.4 Å². The molecule has 0 fully saturated rings. The van der Waals surface area contributed by atoms with E-state index in [0.29, 0.717) is 28.2 Å². The fraction of sp³-hybridized carbons (Fsp3) is 0.0833. The first-order valence-electron chi connectivity index (χ1n) is 9.12. The van der Waals surface area contributed by atoms with Gasteiger partial charge in [0.15, 0.2) is 0 Å². The molecule has 0 bridgehead atoms. The lowest BCUT2D eigenvalue weighted by atomic mass is 10.0. The summed E-state index contributed by atoms with van der Waals surface area (Å²) in [5, 5.41) is 11.0. The van der Waals surface area contributed by atoms with Crippen LogP contribution in [0.2, 0.25) is 5.02 Å². The molecule has 4 rings (SSSR count). The van der Waals surface area contributed by atoms with Crippen molar-refractivity contribution in [3.05, 3.63) is 94.5 Å². The Labute approximate surface area is 173 Å². The number of aromatic carboxylic acids is 1. The molecular formula is C24H18ClNO3. The van der Waals surface area contributed by atoms with Crippen LogP contribution < -0.4 is 4.74 Å². The monoisotopic (exact) mass is 403 g/mol. The number of halogens is 1. The van der Waals surface area contributed by atoms with Crippen molar-refractivity contribution < 1.29 is 14.6 Å². The van der Waals surface area contributed by atoms with Crippen molar-refractivity contribution in [1.29, 1.82) is 0 Å². The minimum Gasteiger partial charge on any atom is -0.489 e. The Morgan fingerprint density at radius 1 is 1.03 bits per heavy atom. The summed E-state index contributed by atoms with van der Waals surface area (Å²) in [7, 11) is 0. The first kappa shape index (κ1) is 19.0. The lowest BCUT2D eigenvalue weighted by Gasteiger charge is -2.10. The number of fused-ring (bicyclic) bond motifs is 1. The van der Waals surface area contributed by atoms with Crippen molar-refractivity contribution >= 4 is 28.5 Å². The molecule has 3 aromatic carbocycles. The van der Waals surface area contributed by atoms with E-state index in [1.807, 2.05) is 67.6 Å². The second-order valence-electron chi connectivity index (χ2n) is 6.77. The topological polar surface area (TPSA) is 59.4 Å². The molecule has 0 aliphatic rings. The highest BCUT2D eigenvalue weighted by atomic mass is 35.5. The van der Waals surface area contributed by atoms with E-state index in [-0.39, 0.29) is 5.56 Å². The average molecular weight is 404 g/mol. The van der Waals surface area contributed by atoms with Crippen LogP contribution in [0.3, 0.4) is 0 Å². The molecule has 5 heteroatoms. The molecule has 4 nitrogen and oxygen atoms in total. The van der Waals surface area contributed by atoms with Gasteiger partial charge in [-0.15, -0.1) is 0 Å². The summed E-state index contributed by atoms with van der Waals surface area (Å²) < 4.78 is 5.82. The maximum atomic E-state index is 11.7. The molecule has 0 amide bonds. The Morgan fingerprint density at radius 3 is 2.45 bits per heavy atom. The summed E-state index contributed by atoms with van der Waals surface area (Å²) in [6.45, 7) is 2.37. The van der Waals surface area contributed by atoms with Crippen LogP contribution in [0.25, 0.3) is 22.2 Å². The lowest BCUT2D eigenvalue weighted by molar-refractivity contribution is 0.0699. The fourth-order valence-corrected chi connectivity index (χ4v) is 3.31. The second-order valence-corrected chi connectivity index (χ2v) is 7.21. The third-order valence-corrected chi connectivity index (χ3v) is 4.99. The number of hydrogen-bond acceptors (Lipinski definition) is 3. The first-order chi connectivity index (χ1) is 14.0. The number of hydrogen-bond donors (Lipinski definition) is 1. The number of carboxylic acids is 1. The quantitative estimate of drug-likeness (QED) is 0.434. The van der Waals surface area contributed by atoms with E-state index in [1.165, 1.54) is 0 Å². The highest BCUT2D eigenvalue weighted by Gasteiger charge is 2.14. The SMILES string of the molecule is Cc1cccc2c(C(=O)O)cc(-c3ccc(OCc4ccc(Cl)cc4)cc3)nc12. The van der Waals surface area contributed by atoms with Gasteiger partial charge in [-0.25, -0.2) is 9.78 Å². The highest BCUT2D eigenvalue weighted by Crippen LogP contribution is 2.28. The average Bonchev–Trinajstić information content (AvgIpc) is 2.73. The zero-order chi connectivity index (χ0) is 20.4. The van der Waals surface area contributed by atoms with Crippen LogP contribution in [0, 0.1) is 6.92 Å². The van der Waals surface area contributed by atoms with Crippen molar-refractivity contribution in [3.8, 4) is 17.0 Å². The van der Waals surface area contributed by atoms with Crippen LogP contribution in [-0.2, 0) is 6.61 Å². The zero-order valence-corrected chi connectivity index (χ0v) is 16.5. The summed E-state index contributed by atoms with van der Waals surface area (Å²) >= 11 is 5.90. The number of pyridine rings is 1. The molecule has 0 unspecified atom stereocenters. The molecular weight excluding hydrogens is 386 g/mol. The Hall–Kier alpha value is -3.37. The summed E-state index contributed by atoms with van der Waals surface area (Å²) in [5.74, 6) is -0.244. The van der Waals surface area contributed by atoms with Crippen molar-refractivity contribution in [2.75, 3.05) is 0 Å². The normalized spacial score (nSPS) is 10.8. The molecule has 144 valence electrons. The van der Waals surface area contributed by atoms with Gasteiger partial charge in [-0.2, -0.15) is 0 Å². The summed E-state index contributed by atoms with van der Waals surface area (Å²) in [5.41, 5.74) is 4.36. The predicted molar refractivity (Wildman–Crippen MR) is 115 cm³/mol. The summed E-state index contributed by atoms with van der Waals surface area (Å²) in [6.07, 6.45) is 0. The molecule has 29 heavy (non-hydrogen) atoms. The number of nitrogens with zero attached hydrogens (tertiary/aromatic N) is 1. The van der Waals surface area contributed by atoms with Crippen LogP contribution in [0.5, 0.6) is 5.75 Å². The van der Waals surface area contributed by atoms with E-state index in [4.69, 9.17) is 21.3 Å². The molecule has 1 aromatic heterocycles. The summed E-state index contributed by atoms with van der Waals surface area (Å²) in [4.78, 5) is 16.5. The number of aryl methyl sites for hydroxylation is 1. The number of aromatic nitrogens is 1. The molecule has 0 aliphatic heterocycles. The molecule has 1 N–H and O–H groups in total. The van der Waals surface area contributed by atoms with E-state index in [2.05, 4.69) is 0 Å². The highest BCUT2D eigenvalue weighted by molar-refractivity contribution is 6.30. The molecule has 0 radical (unpaired) electrons. The van der Waals surface area contributed by atoms with Gasteiger partial charge in [0.2, 0.25) is 0 Å². The van der Waals surface area contributed by atoms with Crippen LogP contribution in [0.4, 0.5) is 0 Å². The predicted octanol–water partition coefficient (Wildman–Crippen LogP) is 6.14. The minimum absolute atomic E-state index is 0.247. The maximum absolute atomic E-state index is 11.7. The molecule has 0 saturated carbocycles. The van der Waals surface area contributed by atoms with Crippen LogP contribution in [-0.4, -0.2) is 16.1 Å². The maximum Gasteiger partial charge on any atom is 0.336 e. The van der Waals surface area contributed by atoms with Crippen LogP contribution >= 0.6 is 11.6 Å². The molecule has 4 aromatic rings. The molecule has 1 heterocycles. The second kappa shape index (κ2) is 7.94. The van der Waals surface area contributed by atoms with E-state index < -0.39 is 5.97 Å². The number of rotatable bonds is 5. The third-order valence-electron chi connectivity index (χ3n) is 4.74. The Kier molecular flexibility index (Phi) is 5.19. The standard InChI is InChI=1S/C24H18ClNO3/c1-15-3-2-4-20-21(24(27)28)13-22(26-23(15)20)17-7-11-19(12-8-17)29-14-16-5-9-18(25)10-6-16/h2-13H,14H2,1H3,(H,27,28). The van der Waals surface area contributed by atoms with Gasteiger partial charge in [-0.1, -0.05) is 41.9 Å². The smallest absolute Gasteiger partial charge is 0.336 e. The Bertz CT molecular complexity index is 1190. The number of carbonyl (C=O) groups is 1. The van der Waals surface area contributed by atoms with E-state index in [1.54, 1.807) is 12.1 Å². The minimum atomic E-state index is -0.966. The zero-order valence-electron chi connectivity index (χ0n) is 15.7. The van der Waals surface area contributed by atoms with E-state index >= 15 is 0 Å². The largest absolute Gasteiger partial charge is 0.489 e. The van der Waals surface area contributed by atoms with Gasteiger partial charge in [-0.05, 0) is 60.5 Å². The van der Waals surface area contributed by atoms with Gasteiger partial charge in [0.05, 0.1) is 16.8 Å². The number of carboxylic acid groups (broad SMARTS) is 1. The Morgan fingerprint density at radius 2 is 1.76 bits per heavy atom. The van der Waals surface area contributed by atoms with Gasteiger partial charge < -0.3 is 9.84 Å². The summed E-state index contributed by atoms with van der Waals surface area (Å²) in [6, 6.07) is 22.2. The van der Waals surface area contributed by atoms with Gasteiger partial charge in [0.1, 0.15) is 12.4 Å². The first-order valence-corrected chi connectivity index (χ1v) is 9.50. The van der Waals surface area contributed by atoms with Gasteiger partial charge in [0, 0.05) is 16.0 Å². The third kappa shape index (κ3) is 4.08. The number of para-hydroxylation sites is 1. The lowest BCUT2D eigenvalue weighted by Crippen LogP contribution is -2.01. The Balaban J connectivity index is 1.61. The van der Waals surface area contributed by atoms with Crippen molar-refractivity contribution in [3.63, 3.8) is 0 Å². The fourth-order valence-electron chi connectivity index (χ4n) is 3.19. The van der Waals surface area contributed by atoms with Crippen LogP contribution in [0.15, 0.2) is 72.8 Å². The number of ether oxygens (including phenoxy) is 1. The van der Waals surface area contributed by atoms with Gasteiger partial charge in [0.25, 0.3) is 0 Å². The van der Waals surface area contributed by atoms with Crippen molar-refractivity contribution in [2.45, 2.75) is 13.5 Å². The van der Waals surface area contributed by atoms with Crippen molar-refractivity contribution in [2.24, 2.45) is 0 Å². The van der Waals surface area contributed by atoms with Gasteiger partial charge >= 0.3 is 5.97 Å². The molecule has 0 spiro atoms. The van der Waals surface area contributed by atoms with E-state index in [9.17, 15) is 9.90 Å². The number of benzene rings is 3. The molecule has 0 atom stereocenters.